The number of para-hydroxylation sites is 1. The van der Waals surface area contributed by atoms with Crippen molar-refractivity contribution in [1.29, 1.82) is 0 Å². The molecule has 1 heterocycles. The number of nitrogens with zero attached hydrogens (tertiary/aromatic N) is 2. The fourth-order valence-electron chi connectivity index (χ4n) is 2.11. The summed E-state index contributed by atoms with van der Waals surface area (Å²) in [5.41, 5.74) is 3.59. The molecule has 2 rings (SSSR count). The van der Waals surface area contributed by atoms with Gasteiger partial charge in [0.05, 0.1) is 13.3 Å². The minimum Gasteiger partial charge on any atom is -0.496 e. The standard InChI is InChI=1S/C15H21N3O/c1-11(14-7-5-6-8-15(14)19-4)16-9-13-10-17-18(3)12(13)2/h5-8,10-11,16H,9H2,1-4H3/t11-/m0/s1. The van der Waals surface area contributed by atoms with Crippen molar-refractivity contribution in [3.8, 4) is 5.75 Å². The van der Waals surface area contributed by atoms with Crippen LogP contribution in [0, 0.1) is 6.92 Å². The number of hydrogen-bond acceptors (Lipinski definition) is 3. The Morgan fingerprint density at radius 2 is 2.11 bits per heavy atom. The molecule has 1 N–H and O–H groups in total. The Bertz CT molecular complexity index is 548. The number of nitrogens with one attached hydrogen (secondary N) is 1. The summed E-state index contributed by atoms with van der Waals surface area (Å²) >= 11 is 0. The van der Waals surface area contributed by atoms with Gasteiger partial charge >= 0.3 is 0 Å². The zero-order valence-electron chi connectivity index (χ0n) is 12.0. The van der Waals surface area contributed by atoms with Gasteiger partial charge in [-0.25, -0.2) is 0 Å². The first-order valence-corrected chi connectivity index (χ1v) is 6.47. The van der Waals surface area contributed by atoms with Crippen LogP contribution in [-0.4, -0.2) is 16.9 Å². The summed E-state index contributed by atoms with van der Waals surface area (Å²) in [4.78, 5) is 0. The highest BCUT2D eigenvalue weighted by molar-refractivity contribution is 5.35. The number of hydrogen-bond donors (Lipinski definition) is 1. The monoisotopic (exact) mass is 259 g/mol. The number of rotatable bonds is 5. The zero-order valence-corrected chi connectivity index (χ0v) is 12.0. The molecule has 0 saturated carbocycles. The summed E-state index contributed by atoms with van der Waals surface area (Å²) in [5.74, 6) is 0.922. The van der Waals surface area contributed by atoms with E-state index < -0.39 is 0 Å². The molecule has 0 fully saturated rings. The van der Waals surface area contributed by atoms with E-state index in [4.69, 9.17) is 4.74 Å². The average molecular weight is 259 g/mol. The zero-order chi connectivity index (χ0) is 13.8. The van der Waals surface area contributed by atoms with Crippen LogP contribution in [0.2, 0.25) is 0 Å². The first-order chi connectivity index (χ1) is 9.13. The fraction of sp³-hybridized carbons (Fsp3) is 0.400. The summed E-state index contributed by atoms with van der Waals surface area (Å²) in [7, 11) is 3.67. The van der Waals surface area contributed by atoms with Gasteiger partial charge in [-0.15, -0.1) is 0 Å². The van der Waals surface area contributed by atoms with Gasteiger partial charge in [-0.3, -0.25) is 4.68 Å². The van der Waals surface area contributed by atoms with Gasteiger partial charge in [0.2, 0.25) is 0 Å². The lowest BCUT2D eigenvalue weighted by atomic mass is 10.1. The van der Waals surface area contributed by atoms with Gasteiger partial charge in [-0.2, -0.15) is 5.10 Å². The van der Waals surface area contributed by atoms with Crippen molar-refractivity contribution in [3.05, 3.63) is 47.3 Å². The van der Waals surface area contributed by atoms with Gasteiger partial charge in [0.1, 0.15) is 5.75 Å². The van der Waals surface area contributed by atoms with Crippen LogP contribution in [0.5, 0.6) is 5.75 Å². The lowest BCUT2D eigenvalue weighted by Crippen LogP contribution is -2.19. The molecule has 0 aliphatic carbocycles. The van der Waals surface area contributed by atoms with E-state index in [1.807, 2.05) is 36.1 Å². The summed E-state index contributed by atoms with van der Waals surface area (Å²) in [6, 6.07) is 8.33. The smallest absolute Gasteiger partial charge is 0.123 e. The molecule has 0 aliphatic rings. The topological polar surface area (TPSA) is 39.1 Å². The van der Waals surface area contributed by atoms with Crippen LogP contribution < -0.4 is 10.1 Å². The molecule has 0 spiro atoms. The summed E-state index contributed by atoms with van der Waals surface area (Å²) in [6.45, 7) is 5.03. The number of aromatic nitrogens is 2. The highest BCUT2D eigenvalue weighted by Crippen LogP contribution is 2.24. The third kappa shape index (κ3) is 2.96. The molecule has 102 valence electrons. The summed E-state index contributed by atoms with van der Waals surface area (Å²) < 4.78 is 7.28. The highest BCUT2D eigenvalue weighted by Gasteiger charge is 2.11. The molecule has 0 unspecified atom stereocenters. The first kappa shape index (κ1) is 13.6. The van der Waals surface area contributed by atoms with Gasteiger partial charge in [-0.05, 0) is 19.9 Å². The number of methoxy groups -OCH3 is 1. The molecule has 0 bridgehead atoms. The van der Waals surface area contributed by atoms with Gasteiger partial charge in [0, 0.05) is 36.5 Å². The molecule has 0 radical (unpaired) electrons. The van der Waals surface area contributed by atoms with Crippen molar-refractivity contribution in [2.45, 2.75) is 26.4 Å². The van der Waals surface area contributed by atoms with Crippen LogP contribution in [0.25, 0.3) is 0 Å². The molecule has 4 nitrogen and oxygen atoms in total. The average Bonchev–Trinajstić information content (AvgIpc) is 2.76. The van der Waals surface area contributed by atoms with E-state index in [0.29, 0.717) is 0 Å². The Balaban J connectivity index is 2.05. The Kier molecular flexibility index (Phi) is 4.22. The van der Waals surface area contributed by atoms with Crippen LogP contribution in [-0.2, 0) is 13.6 Å². The molecule has 0 aliphatic heterocycles. The Morgan fingerprint density at radius 3 is 2.74 bits per heavy atom. The molecule has 4 heteroatoms. The number of ether oxygens (including phenoxy) is 1. The van der Waals surface area contributed by atoms with E-state index >= 15 is 0 Å². The van der Waals surface area contributed by atoms with Gasteiger partial charge in [0.25, 0.3) is 0 Å². The van der Waals surface area contributed by atoms with E-state index in [9.17, 15) is 0 Å². The molecular weight excluding hydrogens is 238 g/mol. The number of benzene rings is 1. The van der Waals surface area contributed by atoms with Crippen molar-refractivity contribution in [1.82, 2.24) is 15.1 Å². The maximum atomic E-state index is 5.39. The molecule has 1 atom stereocenters. The van der Waals surface area contributed by atoms with Crippen LogP contribution in [0.15, 0.2) is 30.5 Å². The van der Waals surface area contributed by atoms with E-state index in [0.717, 1.165) is 12.3 Å². The molecule has 1 aromatic carbocycles. The van der Waals surface area contributed by atoms with Crippen LogP contribution in [0.3, 0.4) is 0 Å². The highest BCUT2D eigenvalue weighted by atomic mass is 16.5. The molecule has 2 aromatic rings. The largest absolute Gasteiger partial charge is 0.496 e. The van der Waals surface area contributed by atoms with Crippen molar-refractivity contribution in [2.75, 3.05) is 7.11 Å². The van der Waals surface area contributed by atoms with Gasteiger partial charge in [-0.1, -0.05) is 18.2 Å². The SMILES string of the molecule is COc1ccccc1[C@H](C)NCc1cnn(C)c1C. The quantitative estimate of drug-likeness (QED) is 0.897. The normalized spacial score (nSPS) is 12.4. The van der Waals surface area contributed by atoms with Crippen LogP contribution in [0.1, 0.15) is 29.8 Å². The predicted molar refractivity (Wildman–Crippen MR) is 76.2 cm³/mol. The van der Waals surface area contributed by atoms with Crippen molar-refractivity contribution in [2.24, 2.45) is 7.05 Å². The lowest BCUT2D eigenvalue weighted by Gasteiger charge is -2.17. The molecular formula is C15H21N3O. The number of aryl methyl sites for hydroxylation is 1. The van der Waals surface area contributed by atoms with E-state index in [1.54, 1.807) is 7.11 Å². The van der Waals surface area contributed by atoms with E-state index in [2.05, 4.69) is 30.3 Å². The van der Waals surface area contributed by atoms with Crippen molar-refractivity contribution < 1.29 is 4.74 Å². The predicted octanol–water partition coefficient (Wildman–Crippen LogP) is 2.59. The third-order valence-electron chi connectivity index (χ3n) is 3.54. The molecule has 0 saturated heterocycles. The minimum atomic E-state index is 0.232. The molecule has 0 amide bonds. The van der Waals surface area contributed by atoms with Crippen molar-refractivity contribution >= 4 is 0 Å². The molecule has 19 heavy (non-hydrogen) atoms. The van der Waals surface area contributed by atoms with Gasteiger partial charge in [0.15, 0.2) is 0 Å². The van der Waals surface area contributed by atoms with Gasteiger partial charge < -0.3 is 10.1 Å². The molecule has 1 aromatic heterocycles. The lowest BCUT2D eigenvalue weighted by molar-refractivity contribution is 0.401. The second-order valence-corrected chi connectivity index (χ2v) is 4.72. The summed E-state index contributed by atoms with van der Waals surface area (Å²) in [6.07, 6.45) is 1.91. The second-order valence-electron chi connectivity index (χ2n) is 4.72. The maximum Gasteiger partial charge on any atom is 0.123 e. The van der Waals surface area contributed by atoms with Crippen LogP contribution >= 0.6 is 0 Å². The Morgan fingerprint density at radius 1 is 1.37 bits per heavy atom. The maximum absolute atomic E-state index is 5.39. The summed E-state index contributed by atoms with van der Waals surface area (Å²) in [5, 5.41) is 7.76. The Labute approximate surface area is 114 Å². The van der Waals surface area contributed by atoms with E-state index in [1.165, 1.54) is 16.8 Å². The van der Waals surface area contributed by atoms with Crippen molar-refractivity contribution in [3.63, 3.8) is 0 Å². The van der Waals surface area contributed by atoms with E-state index in [-0.39, 0.29) is 6.04 Å². The first-order valence-electron chi connectivity index (χ1n) is 6.47. The Hall–Kier alpha value is -1.81. The minimum absolute atomic E-state index is 0.232. The second kappa shape index (κ2) is 5.89. The third-order valence-corrected chi connectivity index (χ3v) is 3.54. The van der Waals surface area contributed by atoms with Crippen LogP contribution in [0.4, 0.5) is 0 Å². The fourth-order valence-corrected chi connectivity index (χ4v) is 2.11.